The maximum absolute atomic E-state index is 11.9. The van der Waals surface area contributed by atoms with Crippen molar-refractivity contribution in [3.63, 3.8) is 0 Å². The van der Waals surface area contributed by atoms with E-state index in [2.05, 4.69) is 22.4 Å². The second-order valence-corrected chi connectivity index (χ2v) is 5.26. The standard InChI is InChI=1S/C18H23N3O2/c1-2-3-4-5-13-23-17-10-8-15(9-11-17)18(22)21-20-14-16-7-6-12-19-16/h6-12,14,19H,2-5,13H2,1H3,(H,21,22). The fourth-order valence-electron chi connectivity index (χ4n) is 2.07. The molecule has 23 heavy (non-hydrogen) atoms. The second-order valence-electron chi connectivity index (χ2n) is 5.26. The van der Waals surface area contributed by atoms with Gasteiger partial charge in [0.05, 0.1) is 18.5 Å². The van der Waals surface area contributed by atoms with E-state index >= 15 is 0 Å². The van der Waals surface area contributed by atoms with Gasteiger partial charge in [-0.2, -0.15) is 5.10 Å². The lowest BCUT2D eigenvalue weighted by Crippen LogP contribution is -2.17. The quantitative estimate of drug-likeness (QED) is 0.421. The van der Waals surface area contributed by atoms with Gasteiger partial charge in [-0.3, -0.25) is 4.79 Å². The number of ether oxygens (including phenoxy) is 1. The number of H-pyrrole nitrogens is 1. The van der Waals surface area contributed by atoms with Crippen molar-refractivity contribution >= 4 is 12.1 Å². The first-order valence-corrected chi connectivity index (χ1v) is 7.99. The lowest BCUT2D eigenvalue weighted by molar-refractivity contribution is 0.0955. The van der Waals surface area contributed by atoms with Crippen molar-refractivity contribution in [2.45, 2.75) is 32.6 Å². The number of rotatable bonds is 9. The van der Waals surface area contributed by atoms with Gasteiger partial charge in [-0.1, -0.05) is 26.2 Å². The fourth-order valence-corrected chi connectivity index (χ4v) is 2.07. The average Bonchev–Trinajstić information content (AvgIpc) is 3.08. The highest BCUT2D eigenvalue weighted by Gasteiger charge is 2.04. The second kappa shape index (κ2) is 9.46. The summed E-state index contributed by atoms with van der Waals surface area (Å²) in [5.74, 6) is 0.537. The van der Waals surface area contributed by atoms with Gasteiger partial charge in [-0.05, 0) is 42.8 Å². The van der Waals surface area contributed by atoms with Crippen LogP contribution in [0.25, 0.3) is 0 Å². The number of carbonyl (C=O) groups excluding carboxylic acids is 1. The van der Waals surface area contributed by atoms with Crippen molar-refractivity contribution < 1.29 is 9.53 Å². The molecule has 1 heterocycles. The summed E-state index contributed by atoms with van der Waals surface area (Å²) in [6.07, 6.45) is 8.07. The van der Waals surface area contributed by atoms with E-state index in [-0.39, 0.29) is 5.91 Å². The summed E-state index contributed by atoms with van der Waals surface area (Å²) in [5.41, 5.74) is 3.87. The molecule has 5 heteroatoms. The molecule has 0 spiro atoms. The van der Waals surface area contributed by atoms with Crippen LogP contribution in [0.1, 0.15) is 48.7 Å². The van der Waals surface area contributed by atoms with Crippen molar-refractivity contribution in [3.8, 4) is 5.75 Å². The molecule has 0 radical (unpaired) electrons. The molecule has 0 saturated heterocycles. The minimum Gasteiger partial charge on any atom is -0.494 e. The minimum atomic E-state index is -0.248. The molecule has 1 amide bonds. The number of carbonyl (C=O) groups is 1. The molecule has 1 aromatic carbocycles. The Bertz CT molecular complexity index is 604. The fraction of sp³-hybridized carbons (Fsp3) is 0.333. The summed E-state index contributed by atoms with van der Waals surface area (Å²) in [6, 6.07) is 10.8. The summed E-state index contributed by atoms with van der Waals surface area (Å²) in [6.45, 7) is 2.90. The predicted octanol–water partition coefficient (Wildman–Crippen LogP) is 3.74. The van der Waals surface area contributed by atoms with Crippen LogP contribution >= 0.6 is 0 Å². The molecule has 2 aromatic rings. The number of aromatic amines is 1. The Morgan fingerprint density at radius 2 is 2.04 bits per heavy atom. The topological polar surface area (TPSA) is 66.5 Å². The van der Waals surface area contributed by atoms with Crippen molar-refractivity contribution in [1.29, 1.82) is 0 Å². The Morgan fingerprint density at radius 1 is 1.22 bits per heavy atom. The van der Waals surface area contributed by atoms with Crippen LogP contribution in [-0.2, 0) is 0 Å². The van der Waals surface area contributed by atoms with Crippen LogP contribution in [0.3, 0.4) is 0 Å². The lowest BCUT2D eigenvalue weighted by atomic mass is 10.2. The molecular weight excluding hydrogens is 290 g/mol. The van der Waals surface area contributed by atoms with Gasteiger partial charge < -0.3 is 9.72 Å². The number of hydrogen-bond acceptors (Lipinski definition) is 3. The first-order valence-electron chi connectivity index (χ1n) is 7.99. The maximum atomic E-state index is 11.9. The van der Waals surface area contributed by atoms with Gasteiger partial charge in [0.2, 0.25) is 0 Å². The van der Waals surface area contributed by atoms with Crippen LogP contribution in [0.5, 0.6) is 5.75 Å². The van der Waals surface area contributed by atoms with E-state index in [0.717, 1.165) is 17.9 Å². The van der Waals surface area contributed by atoms with E-state index in [1.165, 1.54) is 19.3 Å². The average molecular weight is 313 g/mol. The smallest absolute Gasteiger partial charge is 0.271 e. The molecule has 0 aliphatic rings. The van der Waals surface area contributed by atoms with Crippen molar-refractivity contribution in [3.05, 3.63) is 53.9 Å². The SMILES string of the molecule is CCCCCCOc1ccc(C(=O)NN=Cc2ccc[nH]2)cc1. The molecule has 2 rings (SSSR count). The molecular formula is C18H23N3O2. The van der Waals surface area contributed by atoms with E-state index in [4.69, 9.17) is 4.74 Å². The van der Waals surface area contributed by atoms with Crippen LogP contribution in [-0.4, -0.2) is 23.7 Å². The Kier molecular flexibility index (Phi) is 6.91. The lowest BCUT2D eigenvalue weighted by Gasteiger charge is -2.06. The molecule has 0 atom stereocenters. The Balaban J connectivity index is 1.76. The maximum Gasteiger partial charge on any atom is 0.271 e. The molecule has 0 saturated carbocycles. The molecule has 0 unspecified atom stereocenters. The van der Waals surface area contributed by atoms with Crippen LogP contribution in [0.15, 0.2) is 47.7 Å². The highest BCUT2D eigenvalue weighted by molar-refractivity contribution is 5.94. The first-order chi connectivity index (χ1) is 11.3. The highest BCUT2D eigenvalue weighted by Crippen LogP contribution is 2.13. The van der Waals surface area contributed by atoms with Crippen LogP contribution in [0.4, 0.5) is 0 Å². The third kappa shape index (κ3) is 5.98. The van der Waals surface area contributed by atoms with Crippen LogP contribution in [0.2, 0.25) is 0 Å². The van der Waals surface area contributed by atoms with E-state index < -0.39 is 0 Å². The third-order valence-corrected chi connectivity index (χ3v) is 3.37. The Morgan fingerprint density at radius 3 is 2.74 bits per heavy atom. The Hall–Kier alpha value is -2.56. The molecule has 0 aliphatic heterocycles. The predicted molar refractivity (Wildman–Crippen MR) is 91.9 cm³/mol. The zero-order chi connectivity index (χ0) is 16.3. The van der Waals surface area contributed by atoms with E-state index in [1.54, 1.807) is 24.5 Å². The molecule has 2 N–H and O–H groups in total. The molecule has 0 fully saturated rings. The number of hydrazone groups is 1. The summed E-state index contributed by atoms with van der Waals surface area (Å²) >= 11 is 0. The van der Waals surface area contributed by atoms with Gasteiger partial charge in [-0.25, -0.2) is 5.43 Å². The molecule has 1 aromatic heterocycles. The number of nitrogens with one attached hydrogen (secondary N) is 2. The highest BCUT2D eigenvalue weighted by atomic mass is 16.5. The molecule has 122 valence electrons. The minimum absolute atomic E-state index is 0.248. The van der Waals surface area contributed by atoms with Crippen molar-refractivity contribution in [2.24, 2.45) is 5.10 Å². The summed E-state index contributed by atoms with van der Waals surface area (Å²) in [7, 11) is 0. The Labute approximate surface area is 136 Å². The van der Waals surface area contributed by atoms with Crippen LogP contribution < -0.4 is 10.2 Å². The normalized spacial score (nSPS) is 10.8. The van der Waals surface area contributed by atoms with Crippen molar-refractivity contribution in [2.75, 3.05) is 6.61 Å². The van der Waals surface area contributed by atoms with Gasteiger partial charge in [0.1, 0.15) is 5.75 Å². The van der Waals surface area contributed by atoms with Crippen LogP contribution in [0, 0.1) is 0 Å². The number of hydrogen-bond donors (Lipinski definition) is 2. The van der Waals surface area contributed by atoms with Gasteiger partial charge in [-0.15, -0.1) is 0 Å². The van der Waals surface area contributed by atoms with E-state index in [1.807, 2.05) is 24.3 Å². The monoisotopic (exact) mass is 313 g/mol. The molecule has 0 bridgehead atoms. The first kappa shape index (κ1) is 16.8. The largest absolute Gasteiger partial charge is 0.494 e. The van der Waals surface area contributed by atoms with Crippen molar-refractivity contribution in [1.82, 2.24) is 10.4 Å². The molecule has 0 aliphatic carbocycles. The number of benzene rings is 1. The number of nitrogens with zero attached hydrogens (tertiary/aromatic N) is 1. The summed E-state index contributed by atoms with van der Waals surface area (Å²) in [5, 5.41) is 3.90. The van der Waals surface area contributed by atoms with E-state index in [9.17, 15) is 4.79 Å². The van der Waals surface area contributed by atoms with Gasteiger partial charge in [0, 0.05) is 11.8 Å². The summed E-state index contributed by atoms with van der Waals surface area (Å²) < 4.78 is 5.65. The van der Waals surface area contributed by atoms with Gasteiger partial charge >= 0.3 is 0 Å². The number of unbranched alkanes of at least 4 members (excludes halogenated alkanes) is 3. The number of amides is 1. The van der Waals surface area contributed by atoms with Gasteiger partial charge in [0.15, 0.2) is 0 Å². The number of aromatic nitrogens is 1. The third-order valence-electron chi connectivity index (χ3n) is 3.37. The zero-order valence-electron chi connectivity index (χ0n) is 13.4. The van der Waals surface area contributed by atoms with Gasteiger partial charge in [0.25, 0.3) is 5.91 Å². The summed E-state index contributed by atoms with van der Waals surface area (Å²) in [4.78, 5) is 14.9. The molecule has 5 nitrogen and oxygen atoms in total. The van der Waals surface area contributed by atoms with E-state index in [0.29, 0.717) is 12.2 Å². The zero-order valence-corrected chi connectivity index (χ0v) is 13.4.